The first-order valence-corrected chi connectivity index (χ1v) is 5.47. The SMILES string of the molecule is CNC(=O)CCCOc1cccnc1Br. The maximum atomic E-state index is 10.9. The Bertz CT molecular complexity index is 331. The van der Waals surface area contributed by atoms with Gasteiger partial charge in [-0.1, -0.05) is 0 Å². The summed E-state index contributed by atoms with van der Waals surface area (Å²) in [7, 11) is 1.63. The van der Waals surface area contributed by atoms with Crippen LogP contribution in [0.15, 0.2) is 22.9 Å². The molecule has 1 amide bonds. The van der Waals surface area contributed by atoms with Gasteiger partial charge in [0.1, 0.15) is 4.60 Å². The van der Waals surface area contributed by atoms with Crippen LogP contribution in [0.4, 0.5) is 0 Å². The summed E-state index contributed by atoms with van der Waals surface area (Å²) in [4.78, 5) is 14.9. The first kappa shape index (κ1) is 12.0. The molecule has 0 saturated carbocycles. The van der Waals surface area contributed by atoms with E-state index in [9.17, 15) is 4.79 Å². The molecule has 0 radical (unpaired) electrons. The molecule has 0 saturated heterocycles. The number of carbonyl (C=O) groups excluding carboxylic acids is 1. The van der Waals surface area contributed by atoms with Crippen LogP contribution in [0.25, 0.3) is 0 Å². The van der Waals surface area contributed by atoms with Crippen LogP contribution in [-0.2, 0) is 4.79 Å². The van der Waals surface area contributed by atoms with Gasteiger partial charge in [0.15, 0.2) is 5.75 Å². The minimum absolute atomic E-state index is 0.0313. The minimum Gasteiger partial charge on any atom is -0.491 e. The highest BCUT2D eigenvalue weighted by Crippen LogP contribution is 2.20. The molecule has 0 spiro atoms. The van der Waals surface area contributed by atoms with Gasteiger partial charge in [-0.15, -0.1) is 0 Å². The summed E-state index contributed by atoms with van der Waals surface area (Å²) in [6.07, 6.45) is 2.86. The molecule has 4 nitrogen and oxygen atoms in total. The van der Waals surface area contributed by atoms with Crippen molar-refractivity contribution in [2.45, 2.75) is 12.8 Å². The van der Waals surface area contributed by atoms with E-state index in [1.165, 1.54) is 0 Å². The zero-order valence-corrected chi connectivity index (χ0v) is 10.1. The summed E-state index contributed by atoms with van der Waals surface area (Å²) >= 11 is 3.28. The van der Waals surface area contributed by atoms with Crippen molar-refractivity contribution in [3.63, 3.8) is 0 Å². The van der Waals surface area contributed by atoms with Gasteiger partial charge >= 0.3 is 0 Å². The van der Waals surface area contributed by atoms with E-state index in [-0.39, 0.29) is 5.91 Å². The third-order valence-corrected chi connectivity index (χ3v) is 2.40. The van der Waals surface area contributed by atoms with E-state index >= 15 is 0 Å². The van der Waals surface area contributed by atoms with Gasteiger partial charge in [-0.25, -0.2) is 4.98 Å². The quantitative estimate of drug-likeness (QED) is 0.656. The molecule has 0 aliphatic carbocycles. The molecule has 0 unspecified atom stereocenters. The first-order chi connectivity index (χ1) is 7.24. The second kappa shape index (κ2) is 6.40. The Balaban J connectivity index is 2.26. The standard InChI is InChI=1S/C10H13BrN2O2/c1-12-9(14)5-3-7-15-8-4-2-6-13-10(8)11/h2,4,6H,3,5,7H2,1H3,(H,12,14). The van der Waals surface area contributed by atoms with Crippen molar-refractivity contribution in [1.29, 1.82) is 0 Å². The van der Waals surface area contributed by atoms with Crippen LogP contribution in [0.5, 0.6) is 5.75 Å². The van der Waals surface area contributed by atoms with Crippen LogP contribution in [0.3, 0.4) is 0 Å². The zero-order chi connectivity index (χ0) is 11.1. The van der Waals surface area contributed by atoms with Gasteiger partial charge in [0.05, 0.1) is 6.61 Å². The van der Waals surface area contributed by atoms with E-state index in [0.29, 0.717) is 29.8 Å². The Morgan fingerprint density at radius 3 is 3.13 bits per heavy atom. The third-order valence-electron chi connectivity index (χ3n) is 1.81. The van der Waals surface area contributed by atoms with Crippen LogP contribution in [0.1, 0.15) is 12.8 Å². The predicted octanol–water partition coefficient (Wildman–Crippen LogP) is 1.75. The van der Waals surface area contributed by atoms with Gasteiger partial charge < -0.3 is 10.1 Å². The molecule has 1 rings (SSSR count). The van der Waals surface area contributed by atoms with E-state index in [2.05, 4.69) is 26.2 Å². The maximum absolute atomic E-state index is 10.9. The van der Waals surface area contributed by atoms with Crippen molar-refractivity contribution in [2.75, 3.05) is 13.7 Å². The molecule has 1 N–H and O–H groups in total. The number of nitrogens with zero attached hydrogens (tertiary/aromatic N) is 1. The Hall–Kier alpha value is -1.10. The van der Waals surface area contributed by atoms with Gasteiger partial charge in [-0.05, 0) is 34.5 Å². The van der Waals surface area contributed by atoms with E-state index in [1.54, 1.807) is 19.3 Å². The normalized spacial score (nSPS) is 9.73. The van der Waals surface area contributed by atoms with Crippen molar-refractivity contribution in [2.24, 2.45) is 0 Å². The number of nitrogens with one attached hydrogen (secondary N) is 1. The monoisotopic (exact) mass is 272 g/mol. The van der Waals surface area contributed by atoms with Crippen LogP contribution in [-0.4, -0.2) is 24.5 Å². The van der Waals surface area contributed by atoms with E-state index < -0.39 is 0 Å². The molecule has 0 aliphatic rings. The molecule has 82 valence electrons. The van der Waals surface area contributed by atoms with E-state index in [0.717, 1.165) is 0 Å². The highest BCUT2D eigenvalue weighted by Gasteiger charge is 2.01. The molecule has 0 bridgehead atoms. The third kappa shape index (κ3) is 4.29. The van der Waals surface area contributed by atoms with Crippen LogP contribution >= 0.6 is 15.9 Å². The second-order valence-corrected chi connectivity index (χ2v) is 3.67. The number of halogens is 1. The van der Waals surface area contributed by atoms with Crippen molar-refractivity contribution in [3.8, 4) is 5.75 Å². The fraction of sp³-hybridized carbons (Fsp3) is 0.400. The highest BCUT2D eigenvalue weighted by molar-refractivity contribution is 9.10. The zero-order valence-electron chi connectivity index (χ0n) is 8.50. The summed E-state index contributed by atoms with van der Waals surface area (Å²) in [5.41, 5.74) is 0. The molecular formula is C10H13BrN2O2. The van der Waals surface area contributed by atoms with Crippen molar-refractivity contribution in [1.82, 2.24) is 10.3 Å². The van der Waals surface area contributed by atoms with Gasteiger partial charge in [-0.3, -0.25) is 4.79 Å². The Morgan fingerprint density at radius 1 is 1.67 bits per heavy atom. The molecule has 1 heterocycles. The Morgan fingerprint density at radius 2 is 2.47 bits per heavy atom. The summed E-state index contributed by atoms with van der Waals surface area (Å²) in [6.45, 7) is 0.512. The molecule has 0 atom stereocenters. The van der Waals surface area contributed by atoms with Crippen molar-refractivity contribution >= 4 is 21.8 Å². The lowest BCUT2D eigenvalue weighted by Crippen LogP contribution is -2.18. The highest BCUT2D eigenvalue weighted by atomic mass is 79.9. The summed E-state index contributed by atoms with van der Waals surface area (Å²) in [6, 6.07) is 3.63. The second-order valence-electron chi connectivity index (χ2n) is 2.92. The summed E-state index contributed by atoms with van der Waals surface area (Å²) < 4.78 is 6.13. The fourth-order valence-corrected chi connectivity index (χ4v) is 1.38. The minimum atomic E-state index is 0.0313. The average Bonchev–Trinajstić information content (AvgIpc) is 2.26. The Kier molecular flexibility index (Phi) is 5.10. The van der Waals surface area contributed by atoms with Gasteiger partial charge in [0.2, 0.25) is 5.91 Å². The van der Waals surface area contributed by atoms with Crippen molar-refractivity contribution in [3.05, 3.63) is 22.9 Å². The predicted molar refractivity (Wildman–Crippen MR) is 60.7 cm³/mol. The number of pyridine rings is 1. The van der Waals surface area contributed by atoms with Crippen LogP contribution < -0.4 is 10.1 Å². The topological polar surface area (TPSA) is 51.2 Å². The van der Waals surface area contributed by atoms with E-state index in [4.69, 9.17) is 4.74 Å². The number of amides is 1. The number of hydrogen-bond donors (Lipinski definition) is 1. The number of rotatable bonds is 5. The molecule has 5 heteroatoms. The maximum Gasteiger partial charge on any atom is 0.219 e. The molecule has 1 aromatic rings. The lowest BCUT2D eigenvalue weighted by atomic mass is 10.3. The number of aromatic nitrogens is 1. The summed E-state index contributed by atoms with van der Waals surface area (Å²) in [5, 5.41) is 2.56. The number of ether oxygens (including phenoxy) is 1. The van der Waals surface area contributed by atoms with Gasteiger partial charge in [0, 0.05) is 19.7 Å². The molecular weight excluding hydrogens is 260 g/mol. The van der Waals surface area contributed by atoms with Gasteiger partial charge in [0.25, 0.3) is 0 Å². The average molecular weight is 273 g/mol. The molecule has 0 aliphatic heterocycles. The first-order valence-electron chi connectivity index (χ1n) is 4.68. The lowest BCUT2D eigenvalue weighted by Gasteiger charge is -2.06. The number of carbonyl (C=O) groups is 1. The van der Waals surface area contributed by atoms with Gasteiger partial charge in [-0.2, -0.15) is 0 Å². The lowest BCUT2D eigenvalue weighted by molar-refractivity contribution is -0.120. The van der Waals surface area contributed by atoms with Crippen molar-refractivity contribution < 1.29 is 9.53 Å². The largest absolute Gasteiger partial charge is 0.491 e. The smallest absolute Gasteiger partial charge is 0.219 e. The fourth-order valence-electron chi connectivity index (χ4n) is 1.02. The molecule has 1 aromatic heterocycles. The van der Waals surface area contributed by atoms with Crippen LogP contribution in [0, 0.1) is 0 Å². The molecule has 0 fully saturated rings. The van der Waals surface area contributed by atoms with Crippen LogP contribution in [0.2, 0.25) is 0 Å². The molecule has 0 aromatic carbocycles. The molecule has 15 heavy (non-hydrogen) atoms. The number of hydrogen-bond acceptors (Lipinski definition) is 3. The Labute approximate surface area is 97.2 Å². The van der Waals surface area contributed by atoms with E-state index in [1.807, 2.05) is 6.07 Å². The summed E-state index contributed by atoms with van der Waals surface area (Å²) in [5.74, 6) is 0.734.